The minimum Gasteiger partial charge on any atom is -0.330 e. The molecule has 2 rings (SSSR count). The number of thiophene rings is 1. The van der Waals surface area contributed by atoms with E-state index in [1.165, 1.54) is 16.1 Å². The van der Waals surface area contributed by atoms with E-state index in [9.17, 15) is 0 Å². The molecule has 0 aliphatic rings. The van der Waals surface area contributed by atoms with Gasteiger partial charge in [-0.1, -0.05) is 6.07 Å². The van der Waals surface area contributed by atoms with Gasteiger partial charge in [0.25, 0.3) is 0 Å². The van der Waals surface area contributed by atoms with Crippen LogP contribution in [0.1, 0.15) is 11.3 Å². The van der Waals surface area contributed by atoms with Gasteiger partial charge in [0.2, 0.25) is 0 Å². The number of hydrogen-bond acceptors (Lipinski definition) is 3. The van der Waals surface area contributed by atoms with Crippen LogP contribution < -0.4 is 5.73 Å². The largest absolute Gasteiger partial charge is 0.330 e. The maximum absolute atomic E-state index is 5.56. The Labute approximate surface area is 93.5 Å². The van der Waals surface area contributed by atoms with Crippen LogP contribution in [0.5, 0.6) is 0 Å². The number of hydrogen-bond donors (Lipinski definition) is 1. The van der Waals surface area contributed by atoms with Gasteiger partial charge in [-0.25, -0.2) is 0 Å². The van der Waals surface area contributed by atoms with Crippen molar-refractivity contribution in [2.24, 2.45) is 12.8 Å². The minimum atomic E-state index is 0.654. The van der Waals surface area contributed by atoms with E-state index in [2.05, 4.69) is 29.5 Å². The van der Waals surface area contributed by atoms with E-state index >= 15 is 0 Å². The Morgan fingerprint density at radius 1 is 1.53 bits per heavy atom. The lowest BCUT2D eigenvalue weighted by Crippen LogP contribution is -2.04. The van der Waals surface area contributed by atoms with Crippen molar-refractivity contribution in [2.45, 2.75) is 13.3 Å². The molecule has 3 nitrogen and oxygen atoms in total. The van der Waals surface area contributed by atoms with Crippen molar-refractivity contribution in [3.63, 3.8) is 0 Å². The summed E-state index contributed by atoms with van der Waals surface area (Å²) in [6.07, 6.45) is 0.852. The molecule has 4 heteroatoms. The predicted molar refractivity (Wildman–Crippen MR) is 64.0 cm³/mol. The van der Waals surface area contributed by atoms with Crippen molar-refractivity contribution in [3.05, 3.63) is 28.8 Å². The molecule has 0 aromatic carbocycles. The van der Waals surface area contributed by atoms with Gasteiger partial charge in [0.1, 0.15) is 0 Å². The molecule has 2 aromatic rings. The molecule has 0 atom stereocenters. The van der Waals surface area contributed by atoms with Gasteiger partial charge in [-0.2, -0.15) is 5.10 Å². The number of rotatable bonds is 3. The third-order valence-corrected chi connectivity index (χ3v) is 3.39. The Morgan fingerprint density at radius 2 is 2.33 bits per heavy atom. The minimum absolute atomic E-state index is 0.654. The average Bonchev–Trinajstić information content (AvgIpc) is 2.77. The van der Waals surface area contributed by atoms with Gasteiger partial charge in [-0.15, -0.1) is 11.3 Å². The van der Waals surface area contributed by atoms with Gasteiger partial charge in [-0.05, 0) is 30.5 Å². The SMILES string of the molecule is Cc1c(CCN)nn(C)c1-c1cccs1. The fraction of sp³-hybridized carbons (Fsp3) is 0.364. The highest BCUT2D eigenvalue weighted by Crippen LogP contribution is 2.28. The molecule has 0 radical (unpaired) electrons. The monoisotopic (exact) mass is 221 g/mol. The van der Waals surface area contributed by atoms with E-state index in [0.29, 0.717) is 6.54 Å². The molecule has 0 fully saturated rings. The number of aromatic nitrogens is 2. The molecule has 0 aliphatic heterocycles. The summed E-state index contributed by atoms with van der Waals surface area (Å²) < 4.78 is 1.95. The van der Waals surface area contributed by atoms with Crippen LogP contribution in [0.15, 0.2) is 17.5 Å². The van der Waals surface area contributed by atoms with E-state index in [1.54, 1.807) is 11.3 Å². The Morgan fingerprint density at radius 3 is 2.93 bits per heavy atom. The lowest BCUT2D eigenvalue weighted by atomic mass is 10.1. The summed E-state index contributed by atoms with van der Waals surface area (Å²) >= 11 is 1.74. The van der Waals surface area contributed by atoms with Crippen LogP contribution in [0.4, 0.5) is 0 Å². The molecule has 2 heterocycles. The topological polar surface area (TPSA) is 43.8 Å². The van der Waals surface area contributed by atoms with E-state index in [0.717, 1.165) is 12.1 Å². The first-order valence-corrected chi connectivity index (χ1v) is 5.88. The normalized spacial score (nSPS) is 10.9. The van der Waals surface area contributed by atoms with Gasteiger partial charge >= 0.3 is 0 Å². The summed E-state index contributed by atoms with van der Waals surface area (Å²) in [7, 11) is 1.99. The molecule has 2 aromatic heterocycles. The van der Waals surface area contributed by atoms with Gasteiger partial charge in [-0.3, -0.25) is 4.68 Å². The summed E-state index contributed by atoms with van der Waals surface area (Å²) in [5.74, 6) is 0. The first-order chi connectivity index (χ1) is 7.24. The van der Waals surface area contributed by atoms with Gasteiger partial charge in [0.05, 0.1) is 16.3 Å². The summed E-state index contributed by atoms with van der Waals surface area (Å²) in [5.41, 5.74) is 9.15. The van der Waals surface area contributed by atoms with Crippen LogP contribution >= 0.6 is 11.3 Å². The fourth-order valence-corrected chi connectivity index (χ4v) is 2.67. The van der Waals surface area contributed by atoms with Crippen LogP contribution in [-0.2, 0) is 13.5 Å². The second kappa shape index (κ2) is 4.16. The third kappa shape index (κ3) is 1.82. The lowest BCUT2D eigenvalue weighted by molar-refractivity contribution is 0.746. The zero-order valence-corrected chi connectivity index (χ0v) is 9.84. The summed E-state index contributed by atoms with van der Waals surface area (Å²) in [6, 6.07) is 4.19. The molecule has 15 heavy (non-hydrogen) atoms. The third-order valence-electron chi connectivity index (χ3n) is 2.52. The van der Waals surface area contributed by atoms with E-state index in [-0.39, 0.29) is 0 Å². The Kier molecular flexibility index (Phi) is 2.88. The van der Waals surface area contributed by atoms with Crippen molar-refractivity contribution in [1.82, 2.24) is 9.78 Å². The molecular formula is C11H15N3S. The highest BCUT2D eigenvalue weighted by Gasteiger charge is 2.13. The molecule has 2 N–H and O–H groups in total. The van der Waals surface area contributed by atoms with Crippen molar-refractivity contribution in [3.8, 4) is 10.6 Å². The van der Waals surface area contributed by atoms with Crippen molar-refractivity contribution >= 4 is 11.3 Å². The maximum atomic E-state index is 5.56. The Balaban J connectivity index is 2.48. The molecule has 80 valence electrons. The number of nitrogens with zero attached hydrogens (tertiary/aromatic N) is 2. The van der Waals surface area contributed by atoms with E-state index in [4.69, 9.17) is 5.73 Å². The molecule has 0 amide bonds. The van der Waals surface area contributed by atoms with E-state index < -0.39 is 0 Å². The van der Waals surface area contributed by atoms with Crippen LogP contribution in [0.3, 0.4) is 0 Å². The fourth-order valence-electron chi connectivity index (χ4n) is 1.82. The summed E-state index contributed by atoms with van der Waals surface area (Å²) in [6.45, 7) is 2.77. The van der Waals surface area contributed by atoms with Crippen LogP contribution in [0.2, 0.25) is 0 Å². The van der Waals surface area contributed by atoms with Crippen LogP contribution in [0, 0.1) is 6.92 Å². The predicted octanol–water partition coefficient (Wildman–Crippen LogP) is 1.96. The second-order valence-electron chi connectivity index (χ2n) is 3.56. The molecule has 0 aliphatic carbocycles. The standard InChI is InChI=1S/C11H15N3S/c1-8-9(5-6-12)13-14(2)11(8)10-4-3-7-15-10/h3-4,7H,5-6,12H2,1-2H3. The Bertz CT molecular complexity index is 443. The average molecular weight is 221 g/mol. The van der Waals surface area contributed by atoms with Gasteiger partial charge < -0.3 is 5.73 Å². The van der Waals surface area contributed by atoms with Crippen molar-refractivity contribution in [1.29, 1.82) is 0 Å². The molecule has 0 unspecified atom stereocenters. The second-order valence-corrected chi connectivity index (χ2v) is 4.51. The summed E-state index contributed by atoms with van der Waals surface area (Å²) in [4.78, 5) is 1.27. The molecule has 0 saturated heterocycles. The first-order valence-electron chi connectivity index (χ1n) is 5.00. The number of nitrogens with two attached hydrogens (primary N) is 1. The highest BCUT2D eigenvalue weighted by molar-refractivity contribution is 7.13. The van der Waals surface area contributed by atoms with Crippen molar-refractivity contribution in [2.75, 3.05) is 6.54 Å². The quantitative estimate of drug-likeness (QED) is 0.861. The molecule has 0 spiro atoms. The zero-order valence-electron chi connectivity index (χ0n) is 9.03. The molecular weight excluding hydrogens is 206 g/mol. The number of aryl methyl sites for hydroxylation is 1. The first kappa shape index (κ1) is 10.4. The van der Waals surface area contributed by atoms with E-state index in [1.807, 2.05) is 11.7 Å². The van der Waals surface area contributed by atoms with Gasteiger partial charge in [0.15, 0.2) is 0 Å². The van der Waals surface area contributed by atoms with Crippen LogP contribution in [0.25, 0.3) is 10.6 Å². The smallest absolute Gasteiger partial charge is 0.0810 e. The highest BCUT2D eigenvalue weighted by atomic mass is 32.1. The van der Waals surface area contributed by atoms with Crippen LogP contribution in [-0.4, -0.2) is 16.3 Å². The summed E-state index contributed by atoms with van der Waals surface area (Å²) in [5, 5.41) is 6.59. The molecule has 0 bridgehead atoms. The zero-order chi connectivity index (χ0) is 10.8. The maximum Gasteiger partial charge on any atom is 0.0810 e. The molecule has 0 saturated carbocycles. The lowest BCUT2D eigenvalue weighted by Gasteiger charge is -1.99. The van der Waals surface area contributed by atoms with Crippen molar-refractivity contribution < 1.29 is 0 Å². The Hall–Kier alpha value is -1.13. The van der Waals surface area contributed by atoms with Gasteiger partial charge in [0, 0.05) is 13.5 Å².